The fourth-order valence-corrected chi connectivity index (χ4v) is 1.67. The molecule has 0 aromatic carbocycles. The monoisotopic (exact) mass is 174 g/mol. The zero-order valence-electron chi connectivity index (χ0n) is 8.99. The lowest BCUT2D eigenvalue weighted by Crippen LogP contribution is -2.25. The van der Waals surface area contributed by atoms with E-state index in [4.69, 9.17) is 0 Å². The maximum atomic E-state index is 13.5. The van der Waals surface area contributed by atoms with Gasteiger partial charge >= 0.3 is 0 Å². The van der Waals surface area contributed by atoms with Crippen LogP contribution in [0.2, 0.25) is 0 Å². The van der Waals surface area contributed by atoms with E-state index in [1.807, 2.05) is 0 Å². The summed E-state index contributed by atoms with van der Waals surface area (Å²) in [5.74, 6) is 0.254. The van der Waals surface area contributed by atoms with Gasteiger partial charge in [-0.2, -0.15) is 0 Å². The van der Waals surface area contributed by atoms with Crippen molar-refractivity contribution in [3.8, 4) is 0 Å². The van der Waals surface area contributed by atoms with Crippen LogP contribution in [-0.4, -0.2) is 5.67 Å². The smallest absolute Gasteiger partial charge is 0.108 e. The first-order valence-corrected chi connectivity index (χ1v) is 5.21. The van der Waals surface area contributed by atoms with E-state index in [-0.39, 0.29) is 5.92 Å². The third kappa shape index (κ3) is 4.74. The van der Waals surface area contributed by atoms with Crippen LogP contribution in [0, 0.1) is 5.92 Å². The molecule has 1 unspecified atom stereocenters. The molecular formula is C11H23F. The molecule has 0 bridgehead atoms. The molecule has 1 heteroatoms. The van der Waals surface area contributed by atoms with Crippen molar-refractivity contribution in [3.05, 3.63) is 0 Å². The summed E-state index contributed by atoms with van der Waals surface area (Å²) >= 11 is 0. The van der Waals surface area contributed by atoms with E-state index in [0.29, 0.717) is 0 Å². The van der Waals surface area contributed by atoms with Crippen molar-refractivity contribution in [2.45, 2.75) is 65.5 Å². The lowest BCUT2D eigenvalue weighted by molar-refractivity contribution is 0.112. The molecule has 0 radical (unpaired) electrons. The maximum absolute atomic E-state index is 13.5. The Bertz CT molecular complexity index is 102. The van der Waals surface area contributed by atoms with Gasteiger partial charge in [0.1, 0.15) is 5.67 Å². The predicted molar refractivity (Wildman–Crippen MR) is 53.1 cm³/mol. The van der Waals surface area contributed by atoms with E-state index in [1.54, 1.807) is 13.8 Å². The van der Waals surface area contributed by atoms with E-state index in [9.17, 15) is 4.39 Å². The molecule has 0 amide bonds. The van der Waals surface area contributed by atoms with E-state index in [0.717, 1.165) is 12.8 Å². The summed E-state index contributed by atoms with van der Waals surface area (Å²) in [6.45, 7) is 7.67. The van der Waals surface area contributed by atoms with Gasteiger partial charge in [-0.3, -0.25) is 0 Å². The molecule has 0 nitrogen and oxygen atoms in total. The second-order valence-corrected chi connectivity index (χ2v) is 4.17. The number of alkyl halides is 1. The summed E-state index contributed by atoms with van der Waals surface area (Å²) in [5.41, 5.74) is -0.984. The molecule has 0 fully saturated rings. The second-order valence-electron chi connectivity index (χ2n) is 4.17. The van der Waals surface area contributed by atoms with Gasteiger partial charge in [-0.05, 0) is 26.2 Å². The summed E-state index contributed by atoms with van der Waals surface area (Å²) in [4.78, 5) is 0. The molecule has 12 heavy (non-hydrogen) atoms. The number of hydrogen-bond acceptors (Lipinski definition) is 0. The molecular weight excluding hydrogens is 151 g/mol. The zero-order chi connectivity index (χ0) is 9.61. The van der Waals surface area contributed by atoms with E-state index < -0.39 is 5.67 Å². The zero-order valence-corrected chi connectivity index (χ0v) is 8.99. The maximum Gasteiger partial charge on any atom is 0.108 e. The van der Waals surface area contributed by atoms with Crippen LogP contribution in [0.15, 0.2) is 0 Å². The molecule has 0 saturated heterocycles. The van der Waals surface area contributed by atoms with E-state index in [1.165, 1.54) is 19.3 Å². The Hall–Kier alpha value is -0.0700. The molecule has 0 saturated carbocycles. The van der Waals surface area contributed by atoms with Crippen molar-refractivity contribution < 1.29 is 4.39 Å². The molecule has 0 spiro atoms. The molecule has 0 aromatic heterocycles. The Morgan fingerprint density at radius 2 is 1.75 bits per heavy atom. The third-order valence-electron chi connectivity index (χ3n) is 2.62. The van der Waals surface area contributed by atoms with Crippen LogP contribution in [0.5, 0.6) is 0 Å². The first-order valence-electron chi connectivity index (χ1n) is 5.21. The summed E-state index contributed by atoms with van der Waals surface area (Å²) in [5, 5.41) is 0. The molecule has 0 aliphatic rings. The SMILES string of the molecule is CCCCCC(CC)C(C)(C)F. The van der Waals surface area contributed by atoms with Gasteiger partial charge < -0.3 is 0 Å². The summed E-state index contributed by atoms with van der Waals surface area (Å²) in [7, 11) is 0. The van der Waals surface area contributed by atoms with E-state index >= 15 is 0 Å². The van der Waals surface area contributed by atoms with Crippen molar-refractivity contribution in [3.63, 3.8) is 0 Å². The first kappa shape index (κ1) is 11.9. The Morgan fingerprint density at radius 1 is 1.17 bits per heavy atom. The van der Waals surface area contributed by atoms with Crippen molar-refractivity contribution in [2.24, 2.45) is 5.92 Å². The molecule has 74 valence electrons. The highest BCUT2D eigenvalue weighted by Gasteiger charge is 2.26. The van der Waals surface area contributed by atoms with Gasteiger partial charge in [0.25, 0.3) is 0 Å². The van der Waals surface area contributed by atoms with Crippen molar-refractivity contribution in [1.29, 1.82) is 0 Å². The standard InChI is InChI=1S/C11H23F/c1-5-7-8-9-10(6-2)11(3,4)12/h10H,5-9H2,1-4H3. The summed E-state index contributed by atoms with van der Waals surface area (Å²) < 4.78 is 13.5. The normalized spacial score (nSPS) is 14.8. The van der Waals surface area contributed by atoms with Crippen LogP contribution in [0.4, 0.5) is 4.39 Å². The lowest BCUT2D eigenvalue weighted by Gasteiger charge is -2.25. The quantitative estimate of drug-likeness (QED) is 0.525. The summed E-state index contributed by atoms with van der Waals surface area (Å²) in [6, 6.07) is 0. The van der Waals surface area contributed by atoms with Crippen molar-refractivity contribution in [1.82, 2.24) is 0 Å². The lowest BCUT2D eigenvalue weighted by atomic mass is 9.86. The fourth-order valence-electron chi connectivity index (χ4n) is 1.67. The molecule has 0 aromatic rings. The highest BCUT2D eigenvalue weighted by atomic mass is 19.1. The predicted octanol–water partition coefficient (Wildman–Crippen LogP) is 4.34. The Labute approximate surface area is 76.6 Å². The Balaban J connectivity index is 3.68. The minimum Gasteiger partial charge on any atom is -0.244 e. The highest BCUT2D eigenvalue weighted by Crippen LogP contribution is 2.28. The minimum atomic E-state index is -0.984. The molecule has 0 aliphatic heterocycles. The second kappa shape index (κ2) is 5.55. The average Bonchev–Trinajstić information content (AvgIpc) is 1.95. The third-order valence-corrected chi connectivity index (χ3v) is 2.62. The van der Waals surface area contributed by atoms with Gasteiger partial charge in [-0.15, -0.1) is 0 Å². The van der Waals surface area contributed by atoms with E-state index in [2.05, 4.69) is 13.8 Å². The van der Waals surface area contributed by atoms with Crippen LogP contribution in [-0.2, 0) is 0 Å². The van der Waals surface area contributed by atoms with Gasteiger partial charge in [0.2, 0.25) is 0 Å². The van der Waals surface area contributed by atoms with Gasteiger partial charge in [0.05, 0.1) is 0 Å². The number of halogens is 1. The molecule has 1 atom stereocenters. The molecule has 0 aliphatic carbocycles. The van der Waals surface area contributed by atoms with Gasteiger partial charge in [-0.25, -0.2) is 4.39 Å². The average molecular weight is 174 g/mol. The topological polar surface area (TPSA) is 0 Å². The van der Waals surface area contributed by atoms with Gasteiger partial charge in [-0.1, -0.05) is 39.5 Å². The Morgan fingerprint density at radius 3 is 2.08 bits per heavy atom. The van der Waals surface area contributed by atoms with Crippen LogP contribution >= 0.6 is 0 Å². The largest absolute Gasteiger partial charge is 0.244 e. The first-order chi connectivity index (χ1) is 5.52. The molecule has 0 rings (SSSR count). The van der Waals surface area contributed by atoms with Crippen LogP contribution in [0.3, 0.4) is 0 Å². The van der Waals surface area contributed by atoms with Crippen molar-refractivity contribution in [2.75, 3.05) is 0 Å². The van der Waals surface area contributed by atoms with Crippen LogP contribution in [0.1, 0.15) is 59.8 Å². The Kier molecular flexibility index (Phi) is 5.52. The number of rotatable bonds is 6. The van der Waals surface area contributed by atoms with Gasteiger partial charge in [0, 0.05) is 0 Å². The number of unbranched alkanes of at least 4 members (excludes halogenated alkanes) is 2. The number of hydrogen-bond donors (Lipinski definition) is 0. The highest BCUT2D eigenvalue weighted by molar-refractivity contribution is 4.76. The van der Waals surface area contributed by atoms with Crippen LogP contribution < -0.4 is 0 Å². The minimum absolute atomic E-state index is 0.254. The van der Waals surface area contributed by atoms with Gasteiger partial charge in [0.15, 0.2) is 0 Å². The van der Waals surface area contributed by atoms with Crippen LogP contribution in [0.25, 0.3) is 0 Å². The van der Waals surface area contributed by atoms with Crippen molar-refractivity contribution >= 4 is 0 Å². The summed E-state index contributed by atoms with van der Waals surface area (Å²) in [6.07, 6.45) is 5.67. The molecule has 0 N–H and O–H groups in total. The molecule has 0 heterocycles. The fraction of sp³-hybridized carbons (Fsp3) is 1.00.